The molecule has 3 aliphatic heterocycles. The Morgan fingerprint density at radius 3 is 2.48 bits per heavy atom. The normalized spacial score (nSPS) is 28.6. The van der Waals surface area contributed by atoms with Gasteiger partial charge in [-0.3, -0.25) is 14.4 Å². The molecule has 3 heterocycles. The minimum Gasteiger partial charge on any atom is -0.394 e. The van der Waals surface area contributed by atoms with Gasteiger partial charge in [-0.1, -0.05) is 52.0 Å². The lowest BCUT2D eigenvalue weighted by atomic mass is 9.65. The van der Waals surface area contributed by atoms with E-state index in [1.807, 2.05) is 43.9 Å². The fourth-order valence-corrected chi connectivity index (χ4v) is 10.2. The third-order valence-corrected chi connectivity index (χ3v) is 11.5. The van der Waals surface area contributed by atoms with Crippen molar-refractivity contribution in [1.29, 1.82) is 0 Å². The van der Waals surface area contributed by atoms with Gasteiger partial charge in [-0.2, -0.15) is 0 Å². The van der Waals surface area contributed by atoms with E-state index in [0.29, 0.717) is 26.1 Å². The van der Waals surface area contributed by atoms with E-state index in [9.17, 15) is 14.7 Å². The van der Waals surface area contributed by atoms with Crippen LogP contribution in [-0.2, 0) is 14.4 Å². The summed E-state index contributed by atoms with van der Waals surface area (Å²) in [7, 11) is 0. The predicted octanol–water partition coefficient (Wildman–Crippen LogP) is 4.99. The van der Waals surface area contributed by atoms with Crippen molar-refractivity contribution in [2.24, 2.45) is 23.7 Å². The summed E-state index contributed by atoms with van der Waals surface area (Å²) in [5.74, 6) is -1.21. The Balaban J connectivity index is 1.88. The van der Waals surface area contributed by atoms with Gasteiger partial charge in [-0.15, -0.1) is 24.9 Å². The second-order valence-corrected chi connectivity index (χ2v) is 14.4. The number of carbonyl (C=O) groups excluding carboxylic acids is 3. The highest BCUT2D eigenvalue weighted by Gasteiger charge is 2.77. The monoisotopic (exact) mass is 595 g/mol. The van der Waals surface area contributed by atoms with E-state index in [1.54, 1.807) is 33.7 Å². The molecule has 0 aromatic heterocycles. The van der Waals surface area contributed by atoms with Crippen LogP contribution in [0, 0.1) is 37.5 Å². The molecule has 0 saturated carbocycles. The zero-order chi connectivity index (χ0) is 30.9. The van der Waals surface area contributed by atoms with Crippen LogP contribution in [0.4, 0.5) is 5.69 Å². The summed E-state index contributed by atoms with van der Waals surface area (Å²) >= 11 is 1.69. The smallest absolute Gasteiger partial charge is 0.251 e. The average molecular weight is 596 g/mol. The Morgan fingerprint density at radius 2 is 1.88 bits per heavy atom. The van der Waals surface area contributed by atoms with Crippen LogP contribution in [0.15, 0.2) is 43.5 Å². The van der Waals surface area contributed by atoms with Crippen LogP contribution < -0.4 is 4.90 Å². The first kappa shape index (κ1) is 32.3. The molecule has 3 aliphatic rings. The maximum Gasteiger partial charge on any atom is 0.251 e. The van der Waals surface area contributed by atoms with Gasteiger partial charge >= 0.3 is 0 Å². The fourth-order valence-electron chi connectivity index (χ4n) is 7.76. The Bertz CT molecular complexity index is 1220. The van der Waals surface area contributed by atoms with Crippen LogP contribution in [0.2, 0.25) is 0 Å². The molecule has 8 heteroatoms. The van der Waals surface area contributed by atoms with E-state index in [0.717, 1.165) is 29.7 Å². The largest absolute Gasteiger partial charge is 0.394 e. The molecule has 7 atom stereocenters. The lowest BCUT2D eigenvalue weighted by Gasteiger charge is -2.42. The van der Waals surface area contributed by atoms with Gasteiger partial charge in [0.1, 0.15) is 6.04 Å². The van der Waals surface area contributed by atoms with Crippen molar-refractivity contribution < 1.29 is 19.5 Å². The lowest BCUT2D eigenvalue weighted by molar-refractivity contribution is -0.145. The molecule has 3 unspecified atom stereocenters. The average Bonchev–Trinajstić information content (AvgIpc) is 3.54. The molecule has 2 bridgehead atoms. The molecular weight excluding hydrogens is 546 g/mol. The molecule has 0 aliphatic carbocycles. The van der Waals surface area contributed by atoms with Crippen LogP contribution in [-0.4, -0.2) is 80.9 Å². The second kappa shape index (κ2) is 13.0. The first-order chi connectivity index (χ1) is 20.0. The van der Waals surface area contributed by atoms with Gasteiger partial charge in [0, 0.05) is 30.6 Å². The number of aliphatic hydroxyl groups is 1. The topological polar surface area (TPSA) is 81.2 Å². The summed E-state index contributed by atoms with van der Waals surface area (Å²) in [6.45, 7) is 21.2. The quantitative estimate of drug-likeness (QED) is 0.325. The molecule has 7 nitrogen and oxygen atoms in total. The second-order valence-electron chi connectivity index (χ2n) is 12.9. The van der Waals surface area contributed by atoms with Gasteiger partial charge in [0.15, 0.2) is 0 Å². The fraction of sp³-hybridized carbons (Fsp3) is 0.618. The molecule has 1 N–H and O–H groups in total. The molecule has 1 aromatic rings. The molecule has 0 radical (unpaired) electrons. The van der Waals surface area contributed by atoms with E-state index in [-0.39, 0.29) is 41.4 Å². The lowest BCUT2D eigenvalue weighted by Crippen LogP contribution is -2.59. The zero-order valence-electron chi connectivity index (χ0n) is 26.2. The Kier molecular flexibility index (Phi) is 9.98. The number of nitrogens with zero attached hydrogens (tertiary/aromatic N) is 3. The third kappa shape index (κ3) is 5.34. The third-order valence-electron chi connectivity index (χ3n) is 9.44. The van der Waals surface area contributed by atoms with Crippen molar-refractivity contribution in [3.05, 3.63) is 54.6 Å². The molecule has 3 amide bonds. The van der Waals surface area contributed by atoms with Crippen LogP contribution in [0.1, 0.15) is 58.1 Å². The number of thioether (sulfide) groups is 1. The van der Waals surface area contributed by atoms with Gasteiger partial charge in [0.05, 0.1) is 29.2 Å². The molecule has 1 aromatic carbocycles. The van der Waals surface area contributed by atoms with Crippen molar-refractivity contribution in [2.45, 2.75) is 82.9 Å². The van der Waals surface area contributed by atoms with Crippen molar-refractivity contribution >= 4 is 35.2 Å². The number of carbonyl (C=O) groups is 3. The van der Waals surface area contributed by atoms with E-state index in [2.05, 4.69) is 33.9 Å². The standard InChI is InChI=1S/C34H49N3O4S/c1-9-14-35(15-10-2)31(39)28-27-19-24(8)34(42-27)29(28)32(40)37(25(20-38)17-21(4)5)30(34)33(41)36(16-11-3)26-18-22(6)12-13-23(26)7/h9,11-13,18,21,24-25,27-30,38H,1,3,10,14-17,19-20H2,2,4-8H3/t24?,25-,27-,28+,29+,30?,34?/m1/s1. The molecule has 4 rings (SSSR count). The highest BCUT2D eigenvalue weighted by atomic mass is 32.2. The van der Waals surface area contributed by atoms with Gasteiger partial charge in [-0.05, 0) is 62.1 Å². The van der Waals surface area contributed by atoms with Crippen LogP contribution in [0.25, 0.3) is 0 Å². The van der Waals surface area contributed by atoms with E-state index >= 15 is 4.79 Å². The molecule has 3 saturated heterocycles. The van der Waals surface area contributed by atoms with E-state index < -0.39 is 28.7 Å². The number of aryl methyl sites for hydroxylation is 2. The number of aliphatic hydroxyl groups excluding tert-OH is 1. The number of anilines is 1. The summed E-state index contributed by atoms with van der Waals surface area (Å²) in [5, 5.41) is 10.6. The summed E-state index contributed by atoms with van der Waals surface area (Å²) in [4.78, 5) is 49.2. The first-order valence-corrected chi connectivity index (χ1v) is 16.4. The number of amides is 3. The maximum absolute atomic E-state index is 15.0. The Morgan fingerprint density at radius 1 is 1.19 bits per heavy atom. The van der Waals surface area contributed by atoms with Gasteiger partial charge < -0.3 is 19.8 Å². The summed E-state index contributed by atoms with van der Waals surface area (Å²) in [6.07, 6.45) is 5.61. The highest BCUT2D eigenvalue weighted by Crippen LogP contribution is 2.69. The Labute approximate surface area is 256 Å². The number of hydrogen-bond acceptors (Lipinski definition) is 5. The molecule has 230 valence electrons. The summed E-state index contributed by atoms with van der Waals surface area (Å²) in [6, 6.07) is 4.73. The number of benzene rings is 1. The predicted molar refractivity (Wildman–Crippen MR) is 171 cm³/mol. The SMILES string of the molecule is C=CCN(CCC)C(=O)[C@@H]1[C@H]2C(=O)N([C@@H](CO)CC(C)C)C(C(=O)N(CC=C)c3cc(C)ccc3C)C23S[C@@H]1CC3C. The molecular formula is C34H49N3O4S. The molecule has 1 spiro atoms. The number of hydrogen-bond donors (Lipinski definition) is 1. The van der Waals surface area contributed by atoms with Crippen molar-refractivity contribution in [2.75, 3.05) is 31.1 Å². The van der Waals surface area contributed by atoms with Gasteiger partial charge in [0.2, 0.25) is 11.8 Å². The van der Waals surface area contributed by atoms with Crippen molar-refractivity contribution in [3.63, 3.8) is 0 Å². The Hall–Kier alpha value is -2.58. The van der Waals surface area contributed by atoms with Gasteiger partial charge in [0.25, 0.3) is 5.91 Å². The minimum atomic E-state index is -0.799. The van der Waals surface area contributed by atoms with Crippen molar-refractivity contribution in [1.82, 2.24) is 9.80 Å². The minimum absolute atomic E-state index is 0.0173. The van der Waals surface area contributed by atoms with Gasteiger partial charge in [-0.25, -0.2) is 0 Å². The molecule has 42 heavy (non-hydrogen) atoms. The van der Waals surface area contributed by atoms with Crippen LogP contribution in [0.3, 0.4) is 0 Å². The number of likely N-dealkylation sites (tertiary alicyclic amines) is 1. The maximum atomic E-state index is 15.0. The summed E-state index contributed by atoms with van der Waals surface area (Å²) < 4.78 is -0.757. The summed E-state index contributed by atoms with van der Waals surface area (Å²) in [5.41, 5.74) is 2.80. The zero-order valence-corrected chi connectivity index (χ0v) is 27.0. The number of fused-ring (bicyclic) bond motifs is 1. The molecule has 3 fully saturated rings. The van der Waals surface area contributed by atoms with Crippen LogP contribution in [0.5, 0.6) is 0 Å². The highest BCUT2D eigenvalue weighted by molar-refractivity contribution is 8.02. The van der Waals surface area contributed by atoms with Crippen LogP contribution >= 0.6 is 11.8 Å². The van der Waals surface area contributed by atoms with Crippen molar-refractivity contribution in [3.8, 4) is 0 Å². The number of rotatable bonds is 13. The van der Waals surface area contributed by atoms with E-state index in [1.165, 1.54) is 0 Å². The van der Waals surface area contributed by atoms with E-state index in [4.69, 9.17) is 0 Å². The first-order valence-electron chi connectivity index (χ1n) is 15.5.